The number of anilines is 1. The molecule has 3 aromatic carbocycles. The molecule has 158 valence electrons. The number of amides is 1. The number of rotatable bonds is 4. The largest absolute Gasteiger partial charge is 0.439 e. The Labute approximate surface area is 191 Å². The molecule has 1 amide bonds. The van der Waals surface area contributed by atoms with Crippen molar-refractivity contribution in [3.8, 4) is 0 Å². The number of hydrogen-bond donors (Lipinski definition) is 1. The number of carbonyl (C=O) groups excluding carboxylic acids is 1. The minimum absolute atomic E-state index is 0.0527. The number of benzene rings is 3. The van der Waals surface area contributed by atoms with Gasteiger partial charge in [-0.2, -0.15) is 0 Å². The van der Waals surface area contributed by atoms with Crippen molar-refractivity contribution in [1.29, 1.82) is 0 Å². The van der Waals surface area contributed by atoms with Crippen LogP contribution in [0.5, 0.6) is 0 Å². The molecule has 0 aliphatic rings. The van der Waals surface area contributed by atoms with Gasteiger partial charge in [0.25, 0.3) is 5.91 Å². The number of carbonyl (C=O) groups is 1. The Morgan fingerprint density at radius 1 is 1.00 bits per heavy atom. The monoisotopic (exact) mass is 452 g/mol. The molecule has 1 aromatic heterocycles. The van der Waals surface area contributed by atoms with Gasteiger partial charge in [0.2, 0.25) is 0 Å². The standard InChI is InChI=1S/C25H22Cl2N2O2/c1-25(2,3)17-8-6-16(7-9-17)24(30)28-19-10-4-15(5-11-19)12-22-29-21-14-18(26)13-20(27)23(21)31-22/h4-11,13-14H,12H2,1-3H3,(H,28,30). The highest BCUT2D eigenvalue weighted by Gasteiger charge is 2.15. The number of fused-ring (bicyclic) bond motifs is 1. The van der Waals surface area contributed by atoms with Gasteiger partial charge in [0.15, 0.2) is 11.5 Å². The van der Waals surface area contributed by atoms with Crippen LogP contribution in [-0.2, 0) is 11.8 Å². The van der Waals surface area contributed by atoms with Crippen LogP contribution in [0.15, 0.2) is 65.1 Å². The molecule has 0 aliphatic heterocycles. The van der Waals surface area contributed by atoms with E-state index in [4.69, 9.17) is 27.6 Å². The van der Waals surface area contributed by atoms with Gasteiger partial charge in [0.1, 0.15) is 5.52 Å². The van der Waals surface area contributed by atoms with E-state index in [1.54, 1.807) is 12.1 Å². The van der Waals surface area contributed by atoms with E-state index in [2.05, 4.69) is 31.1 Å². The predicted molar refractivity (Wildman–Crippen MR) is 126 cm³/mol. The third-order valence-corrected chi connectivity index (χ3v) is 5.53. The van der Waals surface area contributed by atoms with E-state index in [0.29, 0.717) is 39.0 Å². The summed E-state index contributed by atoms with van der Waals surface area (Å²) < 4.78 is 5.77. The van der Waals surface area contributed by atoms with Crippen LogP contribution < -0.4 is 5.32 Å². The van der Waals surface area contributed by atoms with Crippen molar-refractivity contribution < 1.29 is 9.21 Å². The van der Waals surface area contributed by atoms with Crippen LogP contribution in [0, 0.1) is 0 Å². The Morgan fingerprint density at radius 3 is 2.32 bits per heavy atom. The summed E-state index contributed by atoms with van der Waals surface area (Å²) in [5, 5.41) is 3.89. The fourth-order valence-corrected chi connectivity index (χ4v) is 3.81. The first kappa shape index (κ1) is 21.4. The highest BCUT2D eigenvalue weighted by Crippen LogP contribution is 2.29. The lowest BCUT2D eigenvalue weighted by Crippen LogP contribution is -2.14. The van der Waals surface area contributed by atoms with Crippen molar-refractivity contribution in [2.24, 2.45) is 0 Å². The summed E-state index contributed by atoms with van der Waals surface area (Å²) in [7, 11) is 0. The molecule has 4 aromatic rings. The summed E-state index contributed by atoms with van der Waals surface area (Å²) in [4.78, 5) is 17.0. The van der Waals surface area contributed by atoms with E-state index < -0.39 is 0 Å². The van der Waals surface area contributed by atoms with Crippen molar-refractivity contribution in [3.63, 3.8) is 0 Å². The SMILES string of the molecule is CC(C)(C)c1ccc(C(=O)Nc2ccc(Cc3nc4cc(Cl)cc(Cl)c4o3)cc2)cc1. The van der Waals surface area contributed by atoms with Crippen LogP contribution >= 0.6 is 23.2 Å². The van der Waals surface area contributed by atoms with Gasteiger partial charge < -0.3 is 9.73 Å². The van der Waals surface area contributed by atoms with Gasteiger partial charge in [-0.15, -0.1) is 0 Å². The summed E-state index contributed by atoms with van der Waals surface area (Å²) in [6.45, 7) is 6.44. The quantitative estimate of drug-likeness (QED) is 0.353. The van der Waals surface area contributed by atoms with E-state index in [9.17, 15) is 4.79 Å². The lowest BCUT2D eigenvalue weighted by Gasteiger charge is -2.19. The van der Waals surface area contributed by atoms with Crippen LogP contribution in [0.1, 0.15) is 48.1 Å². The molecule has 0 saturated heterocycles. The molecule has 1 N–H and O–H groups in total. The molecule has 6 heteroatoms. The molecule has 31 heavy (non-hydrogen) atoms. The zero-order valence-corrected chi connectivity index (χ0v) is 19.0. The van der Waals surface area contributed by atoms with Gasteiger partial charge in [0.05, 0.1) is 5.02 Å². The summed E-state index contributed by atoms with van der Waals surface area (Å²) >= 11 is 12.2. The Hall–Kier alpha value is -2.82. The second-order valence-electron chi connectivity index (χ2n) is 8.50. The Kier molecular flexibility index (Phi) is 5.78. The Bertz CT molecular complexity index is 1240. The molecular formula is C25H22Cl2N2O2. The van der Waals surface area contributed by atoms with Gasteiger partial charge in [-0.05, 0) is 52.9 Å². The van der Waals surface area contributed by atoms with E-state index in [1.165, 1.54) is 5.56 Å². The Morgan fingerprint density at radius 2 is 1.68 bits per heavy atom. The number of halogens is 2. The van der Waals surface area contributed by atoms with Crippen molar-refractivity contribution in [1.82, 2.24) is 4.98 Å². The third-order valence-electron chi connectivity index (χ3n) is 5.03. The zero-order chi connectivity index (χ0) is 22.2. The average Bonchev–Trinajstić information content (AvgIpc) is 3.11. The van der Waals surface area contributed by atoms with Crippen molar-refractivity contribution in [3.05, 3.63) is 93.3 Å². The second-order valence-corrected chi connectivity index (χ2v) is 9.34. The molecule has 0 unspecified atom stereocenters. The van der Waals surface area contributed by atoms with Crippen LogP contribution in [0.4, 0.5) is 5.69 Å². The zero-order valence-electron chi connectivity index (χ0n) is 17.5. The fourth-order valence-electron chi connectivity index (χ4n) is 3.29. The summed E-state index contributed by atoms with van der Waals surface area (Å²) in [6.07, 6.45) is 0.505. The first-order chi connectivity index (χ1) is 14.7. The number of oxazole rings is 1. The lowest BCUT2D eigenvalue weighted by molar-refractivity contribution is 0.102. The summed E-state index contributed by atoms with van der Waals surface area (Å²) in [5.74, 6) is 0.411. The number of aromatic nitrogens is 1. The van der Waals surface area contributed by atoms with Crippen molar-refractivity contribution in [2.75, 3.05) is 5.32 Å². The molecule has 0 aliphatic carbocycles. The topological polar surface area (TPSA) is 55.1 Å². The fraction of sp³-hybridized carbons (Fsp3) is 0.200. The molecule has 4 nitrogen and oxygen atoms in total. The molecule has 1 heterocycles. The molecule has 0 atom stereocenters. The molecule has 0 fully saturated rings. The number of nitrogens with zero attached hydrogens (tertiary/aromatic N) is 1. The van der Waals surface area contributed by atoms with Crippen LogP contribution in [0.3, 0.4) is 0 Å². The summed E-state index contributed by atoms with van der Waals surface area (Å²) in [5.41, 5.74) is 4.76. The first-order valence-corrected chi connectivity index (χ1v) is 10.7. The molecule has 0 bridgehead atoms. The van der Waals surface area contributed by atoms with Crippen LogP contribution in [0.2, 0.25) is 10.0 Å². The van der Waals surface area contributed by atoms with Crippen LogP contribution in [-0.4, -0.2) is 10.9 Å². The van der Waals surface area contributed by atoms with E-state index >= 15 is 0 Å². The van der Waals surface area contributed by atoms with Gasteiger partial charge in [-0.3, -0.25) is 4.79 Å². The normalized spacial score (nSPS) is 11.6. The number of nitrogens with one attached hydrogen (secondary N) is 1. The van der Waals surface area contributed by atoms with Gasteiger partial charge >= 0.3 is 0 Å². The maximum absolute atomic E-state index is 12.6. The van der Waals surface area contributed by atoms with Gasteiger partial charge in [-0.1, -0.05) is 68.2 Å². The second kappa shape index (κ2) is 8.37. The number of hydrogen-bond acceptors (Lipinski definition) is 3. The third kappa shape index (κ3) is 4.92. The molecular weight excluding hydrogens is 431 g/mol. The van der Waals surface area contributed by atoms with Gasteiger partial charge in [0, 0.05) is 22.7 Å². The molecule has 0 spiro atoms. The van der Waals surface area contributed by atoms with E-state index in [-0.39, 0.29) is 11.3 Å². The van der Waals surface area contributed by atoms with Crippen molar-refractivity contribution >= 4 is 45.9 Å². The highest BCUT2D eigenvalue weighted by molar-refractivity contribution is 6.37. The highest BCUT2D eigenvalue weighted by atomic mass is 35.5. The lowest BCUT2D eigenvalue weighted by atomic mass is 9.87. The molecule has 4 rings (SSSR count). The molecule has 0 saturated carbocycles. The van der Waals surface area contributed by atoms with E-state index in [1.807, 2.05) is 48.5 Å². The predicted octanol–water partition coefficient (Wildman–Crippen LogP) is 7.28. The Balaban J connectivity index is 1.43. The minimum atomic E-state index is -0.140. The van der Waals surface area contributed by atoms with Gasteiger partial charge in [-0.25, -0.2) is 4.98 Å². The van der Waals surface area contributed by atoms with Crippen LogP contribution in [0.25, 0.3) is 11.1 Å². The maximum atomic E-state index is 12.6. The smallest absolute Gasteiger partial charge is 0.255 e. The summed E-state index contributed by atoms with van der Waals surface area (Å²) in [6, 6.07) is 18.7. The minimum Gasteiger partial charge on any atom is -0.439 e. The average molecular weight is 453 g/mol. The molecule has 0 radical (unpaired) electrons. The van der Waals surface area contributed by atoms with Crippen molar-refractivity contribution in [2.45, 2.75) is 32.6 Å². The maximum Gasteiger partial charge on any atom is 0.255 e. The first-order valence-electron chi connectivity index (χ1n) is 9.94. The van der Waals surface area contributed by atoms with E-state index in [0.717, 1.165) is 11.3 Å².